The Morgan fingerprint density at radius 2 is 1.81 bits per heavy atom. The monoisotopic (exact) mass is 310 g/mol. The van der Waals surface area contributed by atoms with Gasteiger partial charge in [-0.25, -0.2) is 8.42 Å². The largest absolute Gasteiger partial charge is 0.349 e. The average Bonchev–Trinajstić information content (AvgIpc) is 2.35. The zero-order valence-electron chi connectivity index (χ0n) is 12.6. The van der Waals surface area contributed by atoms with Gasteiger partial charge in [-0.15, -0.1) is 0 Å². The molecule has 1 aliphatic heterocycles. The van der Waals surface area contributed by atoms with E-state index in [1.54, 1.807) is 24.3 Å². The van der Waals surface area contributed by atoms with E-state index >= 15 is 0 Å². The SMILES string of the molecule is CC(NC(=O)C(C)C1CNC1)c1ccc(S(C)(=O)=O)cc1. The molecule has 1 heterocycles. The summed E-state index contributed by atoms with van der Waals surface area (Å²) >= 11 is 0. The van der Waals surface area contributed by atoms with Crippen molar-refractivity contribution in [3.8, 4) is 0 Å². The minimum Gasteiger partial charge on any atom is -0.349 e. The quantitative estimate of drug-likeness (QED) is 0.855. The lowest BCUT2D eigenvalue weighted by molar-refractivity contribution is -0.127. The Labute approximate surface area is 126 Å². The molecular weight excluding hydrogens is 288 g/mol. The van der Waals surface area contributed by atoms with Gasteiger partial charge in [0.15, 0.2) is 9.84 Å². The highest BCUT2D eigenvalue weighted by Gasteiger charge is 2.29. The second kappa shape index (κ2) is 6.15. The lowest BCUT2D eigenvalue weighted by atomic mass is 9.88. The molecule has 1 amide bonds. The fourth-order valence-electron chi connectivity index (χ4n) is 2.31. The summed E-state index contributed by atoms with van der Waals surface area (Å²) in [4.78, 5) is 12.4. The zero-order valence-corrected chi connectivity index (χ0v) is 13.4. The third-order valence-corrected chi connectivity index (χ3v) is 5.23. The molecule has 0 spiro atoms. The molecule has 0 bridgehead atoms. The lowest BCUT2D eigenvalue weighted by Gasteiger charge is -2.32. The molecule has 0 aliphatic carbocycles. The van der Waals surface area contributed by atoms with E-state index in [1.165, 1.54) is 6.26 Å². The molecule has 2 N–H and O–H groups in total. The van der Waals surface area contributed by atoms with Crippen molar-refractivity contribution in [2.45, 2.75) is 24.8 Å². The van der Waals surface area contributed by atoms with Crippen molar-refractivity contribution < 1.29 is 13.2 Å². The van der Waals surface area contributed by atoms with Gasteiger partial charge in [0.25, 0.3) is 0 Å². The number of hydrogen-bond donors (Lipinski definition) is 2. The van der Waals surface area contributed by atoms with Crippen LogP contribution >= 0.6 is 0 Å². The second-order valence-corrected chi connectivity index (χ2v) is 7.79. The van der Waals surface area contributed by atoms with E-state index in [9.17, 15) is 13.2 Å². The maximum absolute atomic E-state index is 12.2. The van der Waals surface area contributed by atoms with Crippen molar-refractivity contribution in [3.05, 3.63) is 29.8 Å². The van der Waals surface area contributed by atoms with Gasteiger partial charge in [-0.1, -0.05) is 19.1 Å². The van der Waals surface area contributed by atoms with Gasteiger partial charge >= 0.3 is 0 Å². The molecule has 1 aliphatic rings. The average molecular weight is 310 g/mol. The van der Waals surface area contributed by atoms with Crippen LogP contribution in [0.1, 0.15) is 25.5 Å². The number of rotatable bonds is 5. The molecule has 1 aromatic carbocycles. The number of amides is 1. The third-order valence-electron chi connectivity index (χ3n) is 4.10. The summed E-state index contributed by atoms with van der Waals surface area (Å²) in [5.41, 5.74) is 0.898. The van der Waals surface area contributed by atoms with Crippen LogP contribution in [0.15, 0.2) is 29.2 Å². The van der Waals surface area contributed by atoms with Crippen LogP contribution in [0.3, 0.4) is 0 Å². The Morgan fingerprint density at radius 3 is 2.24 bits per heavy atom. The first kappa shape index (κ1) is 16.0. The van der Waals surface area contributed by atoms with Gasteiger partial charge in [0, 0.05) is 12.2 Å². The van der Waals surface area contributed by atoms with Gasteiger partial charge in [0.2, 0.25) is 5.91 Å². The Morgan fingerprint density at radius 1 is 1.24 bits per heavy atom. The Hall–Kier alpha value is -1.40. The molecule has 2 atom stereocenters. The first-order chi connectivity index (χ1) is 9.79. The summed E-state index contributed by atoms with van der Waals surface area (Å²) in [5.74, 6) is 0.440. The highest BCUT2D eigenvalue weighted by Crippen LogP contribution is 2.19. The maximum Gasteiger partial charge on any atom is 0.223 e. The molecule has 0 saturated carbocycles. The smallest absolute Gasteiger partial charge is 0.223 e. The van der Waals surface area contributed by atoms with Crippen molar-refractivity contribution >= 4 is 15.7 Å². The van der Waals surface area contributed by atoms with Crippen molar-refractivity contribution in [3.63, 3.8) is 0 Å². The van der Waals surface area contributed by atoms with Crippen LogP contribution in [0.2, 0.25) is 0 Å². The Balaban J connectivity index is 1.99. The summed E-state index contributed by atoms with van der Waals surface area (Å²) in [6, 6.07) is 6.51. The maximum atomic E-state index is 12.2. The molecule has 116 valence electrons. The molecule has 2 unspecified atom stereocenters. The fourth-order valence-corrected chi connectivity index (χ4v) is 2.94. The molecule has 5 nitrogen and oxygen atoms in total. The molecule has 1 aromatic rings. The van der Waals surface area contributed by atoms with E-state index in [1.807, 2.05) is 13.8 Å². The third kappa shape index (κ3) is 3.83. The Kier molecular flexibility index (Phi) is 4.68. The summed E-state index contributed by atoms with van der Waals surface area (Å²) in [6.45, 7) is 5.64. The van der Waals surface area contributed by atoms with E-state index in [0.29, 0.717) is 10.8 Å². The molecule has 0 aromatic heterocycles. The van der Waals surface area contributed by atoms with Crippen LogP contribution in [0.25, 0.3) is 0 Å². The van der Waals surface area contributed by atoms with Crippen LogP contribution < -0.4 is 10.6 Å². The zero-order chi connectivity index (χ0) is 15.6. The molecule has 1 fully saturated rings. The number of benzene rings is 1. The number of carbonyl (C=O) groups is 1. The van der Waals surface area contributed by atoms with Crippen LogP contribution in [0.4, 0.5) is 0 Å². The lowest BCUT2D eigenvalue weighted by Crippen LogP contribution is -2.49. The molecule has 0 radical (unpaired) electrons. The summed E-state index contributed by atoms with van der Waals surface area (Å²) in [5, 5.41) is 6.15. The highest BCUT2D eigenvalue weighted by molar-refractivity contribution is 7.90. The van der Waals surface area contributed by atoms with Crippen molar-refractivity contribution in [1.29, 1.82) is 0 Å². The standard InChI is InChI=1S/C15H22N2O3S/c1-10(13-8-16-9-13)15(18)17-11(2)12-4-6-14(7-5-12)21(3,19)20/h4-7,10-11,13,16H,8-9H2,1-3H3,(H,17,18). The first-order valence-corrected chi connectivity index (χ1v) is 8.99. The van der Waals surface area contributed by atoms with E-state index < -0.39 is 9.84 Å². The number of carbonyl (C=O) groups excluding carboxylic acids is 1. The molecule has 2 rings (SSSR count). The van der Waals surface area contributed by atoms with Crippen molar-refractivity contribution in [2.75, 3.05) is 19.3 Å². The van der Waals surface area contributed by atoms with E-state index in [0.717, 1.165) is 18.7 Å². The topological polar surface area (TPSA) is 75.3 Å². The van der Waals surface area contributed by atoms with Crippen LogP contribution in [-0.2, 0) is 14.6 Å². The van der Waals surface area contributed by atoms with E-state index in [4.69, 9.17) is 0 Å². The van der Waals surface area contributed by atoms with Gasteiger partial charge < -0.3 is 10.6 Å². The van der Waals surface area contributed by atoms with Crippen LogP contribution in [-0.4, -0.2) is 33.7 Å². The summed E-state index contributed by atoms with van der Waals surface area (Å²) < 4.78 is 22.8. The summed E-state index contributed by atoms with van der Waals surface area (Å²) in [7, 11) is -3.18. The fraction of sp³-hybridized carbons (Fsp3) is 0.533. The van der Waals surface area contributed by atoms with Gasteiger partial charge in [0.1, 0.15) is 0 Å². The highest BCUT2D eigenvalue weighted by atomic mass is 32.2. The van der Waals surface area contributed by atoms with E-state index in [2.05, 4.69) is 10.6 Å². The molecular formula is C15H22N2O3S. The minimum absolute atomic E-state index is 0.0102. The second-order valence-electron chi connectivity index (χ2n) is 5.78. The minimum atomic E-state index is -3.18. The predicted octanol–water partition coefficient (Wildman–Crippen LogP) is 1.12. The van der Waals surface area contributed by atoms with Gasteiger partial charge in [-0.05, 0) is 43.6 Å². The normalized spacial score (nSPS) is 18.6. The Bertz CT molecular complexity index is 606. The number of sulfone groups is 1. The molecule has 21 heavy (non-hydrogen) atoms. The molecule has 1 saturated heterocycles. The van der Waals surface area contributed by atoms with Crippen LogP contribution in [0, 0.1) is 11.8 Å². The van der Waals surface area contributed by atoms with Crippen LogP contribution in [0.5, 0.6) is 0 Å². The van der Waals surface area contributed by atoms with Gasteiger partial charge in [-0.2, -0.15) is 0 Å². The van der Waals surface area contributed by atoms with Gasteiger partial charge in [0.05, 0.1) is 10.9 Å². The number of nitrogens with one attached hydrogen (secondary N) is 2. The van der Waals surface area contributed by atoms with Crippen molar-refractivity contribution in [1.82, 2.24) is 10.6 Å². The number of hydrogen-bond acceptors (Lipinski definition) is 4. The molecule has 6 heteroatoms. The first-order valence-electron chi connectivity index (χ1n) is 7.10. The predicted molar refractivity (Wildman–Crippen MR) is 81.6 cm³/mol. The van der Waals surface area contributed by atoms with Gasteiger partial charge in [-0.3, -0.25) is 4.79 Å². The van der Waals surface area contributed by atoms with Crippen molar-refractivity contribution in [2.24, 2.45) is 11.8 Å². The summed E-state index contributed by atoms with van der Waals surface area (Å²) in [6.07, 6.45) is 1.18. The van der Waals surface area contributed by atoms with E-state index in [-0.39, 0.29) is 17.9 Å².